The molecule has 0 saturated carbocycles. The van der Waals surface area contributed by atoms with Gasteiger partial charge in [0.25, 0.3) is 0 Å². The summed E-state index contributed by atoms with van der Waals surface area (Å²) < 4.78 is 0. The van der Waals surface area contributed by atoms with Crippen molar-refractivity contribution in [2.75, 3.05) is 5.75 Å². The van der Waals surface area contributed by atoms with Crippen LogP contribution in [0.25, 0.3) is 10.9 Å². The molecule has 0 spiro atoms. The SMILES string of the molecule is C[C@H](O)CSc1ncnc2ccccc12. The Kier molecular flexibility index (Phi) is 3.18. The zero-order valence-corrected chi connectivity index (χ0v) is 9.24. The smallest absolute Gasteiger partial charge is 0.117 e. The molecule has 15 heavy (non-hydrogen) atoms. The van der Waals surface area contributed by atoms with Crippen molar-refractivity contribution in [3.05, 3.63) is 30.6 Å². The summed E-state index contributed by atoms with van der Waals surface area (Å²) in [6.45, 7) is 1.77. The first-order chi connectivity index (χ1) is 7.27. The van der Waals surface area contributed by atoms with Crippen molar-refractivity contribution in [3.63, 3.8) is 0 Å². The molecule has 1 heterocycles. The molecule has 0 fully saturated rings. The van der Waals surface area contributed by atoms with Gasteiger partial charge in [0.2, 0.25) is 0 Å². The van der Waals surface area contributed by atoms with Crippen molar-refractivity contribution in [2.45, 2.75) is 18.1 Å². The highest BCUT2D eigenvalue weighted by atomic mass is 32.2. The van der Waals surface area contributed by atoms with E-state index < -0.39 is 0 Å². The van der Waals surface area contributed by atoms with Crippen molar-refractivity contribution in [2.24, 2.45) is 0 Å². The normalized spacial score (nSPS) is 12.9. The molecule has 2 aromatic rings. The summed E-state index contributed by atoms with van der Waals surface area (Å²) in [5, 5.41) is 11.2. The van der Waals surface area contributed by atoms with Crippen LogP contribution >= 0.6 is 11.8 Å². The lowest BCUT2D eigenvalue weighted by molar-refractivity contribution is 0.220. The summed E-state index contributed by atoms with van der Waals surface area (Å²) in [5.74, 6) is 0.654. The second kappa shape index (κ2) is 4.59. The van der Waals surface area contributed by atoms with Gasteiger partial charge in [-0.15, -0.1) is 11.8 Å². The minimum absolute atomic E-state index is 0.316. The molecule has 0 aliphatic heterocycles. The molecule has 1 aromatic carbocycles. The van der Waals surface area contributed by atoms with E-state index in [-0.39, 0.29) is 6.10 Å². The van der Waals surface area contributed by atoms with Crippen LogP contribution in [0.15, 0.2) is 35.6 Å². The Labute approximate surface area is 92.6 Å². The number of rotatable bonds is 3. The van der Waals surface area contributed by atoms with Gasteiger partial charge in [-0.1, -0.05) is 18.2 Å². The third-order valence-corrected chi connectivity index (χ3v) is 3.22. The van der Waals surface area contributed by atoms with E-state index in [1.54, 1.807) is 25.0 Å². The molecular formula is C11H12N2OS. The highest BCUT2D eigenvalue weighted by molar-refractivity contribution is 7.99. The molecule has 2 rings (SSSR count). The molecule has 1 N–H and O–H groups in total. The Hall–Kier alpha value is -1.13. The van der Waals surface area contributed by atoms with Crippen LogP contribution in [-0.2, 0) is 0 Å². The lowest BCUT2D eigenvalue weighted by atomic mass is 10.2. The fourth-order valence-electron chi connectivity index (χ4n) is 1.29. The summed E-state index contributed by atoms with van der Waals surface area (Å²) in [6.07, 6.45) is 1.25. The topological polar surface area (TPSA) is 46.0 Å². The highest BCUT2D eigenvalue weighted by Crippen LogP contribution is 2.24. The van der Waals surface area contributed by atoms with Crippen LogP contribution in [0.1, 0.15) is 6.92 Å². The van der Waals surface area contributed by atoms with Crippen molar-refractivity contribution in [1.82, 2.24) is 9.97 Å². The standard InChI is InChI=1S/C11H12N2OS/c1-8(14)6-15-11-9-4-2-3-5-10(9)12-7-13-11/h2-5,7-8,14H,6H2,1H3/t8-/m0/s1. The Morgan fingerprint density at radius 1 is 1.33 bits per heavy atom. The third-order valence-electron chi connectivity index (χ3n) is 1.97. The molecule has 0 aliphatic rings. The van der Waals surface area contributed by atoms with Crippen LogP contribution in [0.4, 0.5) is 0 Å². The first-order valence-electron chi connectivity index (χ1n) is 4.78. The number of aromatic nitrogens is 2. The lowest BCUT2D eigenvalue weighted by Gasteiger charge is -2.05. The largest absolute Gasteiger partial charge is 0.393 e. The monoisotopic (exact) mass is 220 g/mol. The molecule has 0 radical (unpaired) electrons. The van der Waals surface area contributed by atoms with Crippen LogP contribution in [0.2, 0.25) is 0 Å². The van der Waals surface area contributed by atoms with Gasteiger partial charge < -0.3 is 5.11 Å². The maximum absolute atomic E-state index is 9.22. The number of para-hydroxylation sites is 1. The first-order valence-corrected chi connectivity index (χ1v) is 5.76. The average Bonchev–Trinajstić information content (AvgIpc) is 2.26. The molecule has 0 bridgehead atoms. The summed E-state index contributed by atoms with van der Waals surface area (Å²) >= 11 is 1.56. The summed E-state index contributed by atoms with van der Waals surface area (Å²) in [7, 11) is 0. The van der Waals surface area contributed by atoms with Crippen molar-refractivity contribution >= 4 is 22.7 Å². The van der Waals surface area contributed by atoms with Crippen LogP contribution in [0.3, 0.4) is 0 Å². The van der Waals surface area contributed by atoms with E-state index in [2.05, 4.69) is 9.97 Å². The number of aliphatic hydroxyl groups excluding tert-OH is 1. The summed E-state index contributed by atoms with van der Waals surface area (Å²) in [6, 6.07) is 7.89. The minimum Gasteiger partial charge on any atom is -0.393 e. The number of nitrogens with zero attached hydrogens (tertiary/aromatic N) is 2. The molecular weight excluding hydrogens is 208 g/mol. The lowest BCUT2D eigenvalue weighted by Crippen LogP contribution is -2.03. The predicted octanol–water partition coefficient (Wildman–Crippen LogP) is 2.10. The Bertz CT molecular complexity index is 454. The number of thioether (sulfide) groups is 1. The van der Waals surface area contributed by atoms with Gasteiger partial charge in [-0.05, 0) is 13.0 Å². The van der Waals surface area contributed by atoms with Crippen LogP contribution in [0.5, 0.6) is 0 Å². The van der Waals surface area contributed by atoms with E-state index in [0.717, 1.165) is 15.9 Å². The molecule has 4 heteroatoms. The van der Waals surface area contributed by atoms with Crippen molar-refractivity contribution < 1.29 is 5.11 Å². The zero-order chi connectivity index (χ0) is 10.7. The van der Waals surface area contributed by atoms with Crippen molar-refractivity contribution in [1.29, 1.82) is 0 Å². The number of aliphatic hydroxyl groups is 1. The van der Waals surface area contributed by atoms with Gasteiger partial charge >= 0.3 is 0 Å². The van der Waals surface area contributed by atoms with E-state index >= 15 is 0 Å². The molecule has 0 unspecified atom stereocenters. The number of hydrogen-bond donors (Lipinski definition) is 1. The molecule has 78 valence electrons. The van der Waals surface area contributed by atoms with Gasteiger partial charge in [0.15, 0.2) is 0 Å². The quantitative estimate of drug-likeness (QED) is 0.635. The highest BCUT2D eigenvalue weighted by Gasteiger charge is 2.04. The number of benzene rings is 1. The van der Waals surface area contributed by atoms with E-state index in [4.69, 9.17) is 0 Å². The van der Waals surface area contributed by atoms with Gasteiger partial charge in [0.1, 0.15) is 11.4 Å². The minimum atomic E-state index is -0.316. The average molecular weight is 220 g/mol. The van der Waals surface area contributed by atoms with E-state index in [1.807, 2.05) is 24.3 Å². The van der Waals surface area contributed by atoms with Gasteiger partial charge in [-0.25, -0.2) is 9.97 Å². The van der Waals surface area contributed by atoms with Crippen LogP contribution in [-0.4, -0.2) is 26.9 Å². The second-order valence-electron chi connectivity index (χ2n) is 3.36. The third kappa shape index (κ3) is 2.46. The fourth-order valence-corrected chi connectivity index (χ4v) is 2.14. The van der Waals surface area contributed by atoms with E-state index in [1.165, 1.54) is 0 Å². The van der Waals surface area contributed by atoms with Crippen LogP contribution in [0, 0.1) is 0 Å². The van der Waals surface area contributed by atoms with E-state index in [9.17, 15) is 5.11 Å². The summed E-state index contributed by atoms with van der Waals surface area (Å²) in [5.41, 5.74) is 0.945. The molecule has 1 atom stereocenters. The molecule has 0 aliphatic carbocycles. The van der Waals surface area contributed by atoms with Gasteiger partial charge in [0.05, 0.1) is 11.6 Å². The Morgan fingerprint density at radius 2 is 2.13 bits per heavy atom. The summed E-state index contributed by atoms with van der Waals surface area (Å²) in [4.78, 5) is 8.40. The van der Waals surface area contributed by atoms with Gasteiger partial charge in [-0.2, -0.15) is 0 Å². The maximum atomic E-state index is 9.22. The van der Waals surface area contributed by atoms with Crippen LogP contribution < -0.4 is 0 Å². The van der Waals surface area contributed by atoms with E-state index in [0.29, 0.717) is 5.75 Å². The zero-order valence-electron chi connectivity index (χ0n) is 8.42. The second-order valence-corrected chi connectivity index (χ2v) is 4.36. The Balaban J connectivity index is 2.34. The number of fused-ring (bicyclic) bond motifs is 1. The van der Waals surface area contributed by atoms with Gasteiger partial charge in [0, 0.05) is 11.1 Å². The van der Waals surface area contributed by atoms with Gasteiger partial charge in [-0.3, -0.25) is 0 Å². The van der Waals surface area contributed by atoms with Crippen molar-refractivity contribution in [3.8, 4) is 0 Å². The fraction of sp³-hybridized carbons (Fsp3) is 0.273. The first kappa shape index (κ1) is 10.4. The molecule has 3 nitrogen and oxygen atoms in total. The predicted molar refractivity (Wildman–Crippen MR) is 61.9 cm³/mol. The Morgan fingerprint density at radius 3 is 2.93 bits per heavy atom. The molecule has 1 aromatic heterocycles. The molecule has 0 amide bonds. The molecule has 0 saturated heterocycles. The number of hydrogen-bond acceptors (Lipinski definition) is 4. The maximum Gasteiger partial charge on any atom is 0.117 e.